The quantitative estimate of drug-likeness (QED) is 0.455. The first kappa shape index (κ1) is 19.9. The largest absolute Gasteiger partial charge is 0.247 e. The van der Waals surface area contributed by atoms with Crippen molar-refractivity contribution in [1.82, 2.24) is 4.98 Å². The van der Waals surface area contributed by atoms with Crippen LogP contribution < -0.4 is 10.4 Å². The van der Waals surface area contributed by atoms with Crippen LogP contribution in [0.1, 0.15) is 59.1 Å². The van der Waals surface area contributed by atoms with Crippen LogP contribution in [0, 0.1) is 0 Å². The van der Waals surface area contributed by atoms with Gasteiger partial charge in [0.25, 0.3) is 0 Å². The summed E-state index contributed by atoms with van der Waals surface area (Å²) in [4.78, 5) is 5.07. The molecule has 0 saturated carbocycles. The Balaban J connectivity index is 0.000000570. The summed E-state index contributed by atoms with van der Waals surface area (Å²) in [6, 6.07) is 11.1. The van der Waals surface area contributed by atoms with Crippen LogP contribution in [0.5, 0.6) is 0 Å². The molecule has 0 N–H and O–H groups in total. The predicted molar refractivity (Wildman–Crippen MR) is 119 cm³/mol. The van der Waals surface area contributed by atoms with E-state index in [-0.39, 0.29) is 0 Å². The van der Waals surface area contributed by atoms with Crippen LogP contribution in [0.15, 0.2) is 36.4 Å². The monoisotopic (exact) mass is 345 g/mol. The van der Waals surface area contributed by atoms with E-state index in [0.717, 1.165) is 23.9 Å². The highest BCUT2D eigenvalue weighted by Crippen LogP contribution is 2.28. The minimum Gasteiger partial charge on any atom is -0.247 e. The highest BCUT2D eigenvalue weighted by Gasteiger charge is 2.11. The van der Waals surface area contributed by atoms with Gasteiger partial charge in [-0.1, -0.05) is 76.3 Å². The molecule has 1 nitrogen and oxygen atoms in total. The van der Waals surface area contributed by atoms with Gasteiger partial charge in [-0.2, -0.15) is 0 Å². The molecule has 0 aliphatic heterocycles. The van der Waals surface area contributed by atoms with E-state index in [9.17, 15) is 0 Å². The van der Waals surface area contributed by atoms with Crippen LogP contribution in [0.4, 0.5) is 0 Å². The Morgan fingerprint density at radius 2 is 1.54 bits per heavy atom. The fourth-order valence-corrected chi connectivity index (χ4v) is 3.47. The van der Waals surface area contributed by atoms with Crippen molar-refractivity contribution in [2.24, 2.45) is 0 Å². The molecule has 0 bridgehead atoms. The minimum absolute atomic E-state index is 1.11. The highest BCUT2D eigenvalue weighted by atomic mass is 14.7. The minimum atomic E-state index is 1.11. The Morgan fingerprint density at radius 1 is 0.846 bits per heavy atom. The van der Waals surface area contributed by atoms with Gasteiger partial charge in [-0.05, 0) is 43.5 Å². The smallest absolute Gasteiger partial charge is 0.0784 e. The van der Waals surface area contributed by atoms with Crippen molar-refractivity contribution in [3.05, 3.63) is 58.0 Å². The summed E-state index contributed by atoms with van der Waals surface area (Å²) >= 11 is 0. The molecule has 1 aliphatic carbocycles. The van der Waals surface area contributed by atoms with Gasteiger partial charge in [0.2, 0.25) is 0 Å². The summed E-state index contributed by atoms with van der Waals surface area (Å²) in [5, 5.41) is 4.93. The average molecular weight is 346 g/mol. The van der Waals surface area contributed by atoms with Gasteiger partial charge in [-0.25, -0.2) is 4.98 Å². The lowest BCUT2D eigenvalue weighted by Crippen LogP contribution is -2.25. The number of nitrogens with zero attached hydrogens (tertiary/aromatic N) is 1. The normalized spacial score (nSPS) is 13.8. The Morgan fingerprint density at radius 3 is 2.23 bits per heavy atom. The van der Waals surface area contributed by atoms with Crippen molar-refractivity contribution in [2.75, 3.05) is 0 Å². The van der Waals surface area contributed by atoms with E-state index in [1.54, 1.807) is 0 Å². The number of aromatic nitrogens is 1. The van der Waals surface area contributed by atoms with Gasteiger partial charge in [0, 0.05) is 21.6 Å². The number of allylic oxidation sites excluding steroid dienone is 1. The molecule has 1 aromatic heterocycles. The zero-order valence-electron chi connectivity index (χ0n) is 17.1. The fraction of sp³-hybridized carbons (Fsp3) is 0.320. The summed E-state index contributed by atoms with van der Waals surface area (Å²) in [5.41, 5.74) is 4.97. The lowest BCUT2D eigenvalue weighted by atomic mass is 9.94. The Hall–Kier alpha value is -2.41. The van der Waals surface area contributed by atoms with Crippen molar-refractivity contribution >= 4 is 40.0 Å². The van der Waals surface area contributed by atoms with Crippen molar-refractivity contribution < 1.29 is 0 Å². The maximum absolute atomic E-state index is 5.07. The van der Waals surface area contributed by atoms with Crippen molar-refractivity contribution in [2.45, 2.75) is 54.4 Å². The van der Waals surface area contributed by atoms with Gasteiger partial charge in [-0.15, -0.1) is 0 Å². The Labute approximate surface area is 157 Å². The summed E-state index contributed by atoms with van der Waals surface area (Å²) in [6.45, 7) is 12.2. The number of fused-ring (bicyclic) bond motifs is 4. The van der Waals surface area contributed by atoms with Gasteiger partial charge in [-0.3, -0.25) is 0 Å². The number of aryl methyl sites for hydroxylation is 1. The zero-order chi connectivity index (χ0) is 19.1. The van der Waals surface area contributed by atoms with E-state index < -0.39 is 0 Å². The fourth-order valence-electron chi connectivity index (χ4n) is 3.47. The third-order valence-corrected chi connectivity index (χ3v) is 4.62. The van der Waals surface area contributed by atoms with Crippen LogP contribution >= 0.6 is 0 Å². The molecule has 26 heavy (non-hydrogen) atoms. The molecule has 3 aromatic rings. The molecular weight excluding hydrogens is 314 g/mol. The van der Waals surface area contributed by atoms with Gasteiger partial charge < -0.3 is 0 Å². The lowest BCUT2D eigenvalue weighted by molar-refractivity contribution is 0.988. The van der Waals surface area contributed by atoms with E-state index in [1.165, 1.54) is 32.3 Å². The molecule has 0 saturated heterocycles. The van der Waals surface area contributed by atoms with Crippen molar-refractivity contribution in [3.63, 3.8) is 0 Å². The second kappa shape index (κ2) is 9.33. The average Bonchev–Trinajstić information content (AvgIpc) is 2.74. The molecule has 0 unspecified atom stereocenters. The number of rotatable bonds is 0. The first-order chi connectivity index (χ1) is 12.8. The summed E-state index contributed by atoms with van der Waals surface area (Å²) in [5.74, 6) is 0. The van der Waals surface area contributed by atoms with E-state index in [0.29, 0.717) is 0 Å². The van der Waals surface area contributed by atoms with Crippen LogP contribution in [-0.2, 0) is 6.42 Å². The van der Waals surface area contributed by atoms with E-state index in [4.69, 9.17) is 4.98 Å². The highest BCUT2D eigenvalue weighted by molar-refractivity contribution is 5.97. The molecule has 0 amide bonds. The Bertz CT molecular complexity index is 1040. The van der Waals surface area contributed by atoms with Crippen LogP contribution in [0.25, 0.3) is 40.0 Å². The number of benzene rings is 2. The molecule has 136 valence electrons. The first-order valence-corrected chi connectivity index (χ1v) is 9.96. The van der Waals surface area contributed by atoms with Crippen molar-refractivity contribution in [1.29, 1.82) is 0 Å². The topological polar surface area (TPSA) is 12.9 Å². The van der Waals surface area contributed by atoms with E-state index in [2.05, 4.69) is 68.5 Å². The zero-order valence-corrected chi connectivity index (χ0v) is 17.1. The SMILES string of the molecule is C/C=c1/ccc2cc3ccc4c(c3nc2/c1=C/C)C=CCC4.CC.CC. The predicted octanol–water partition coefficient (Wildman–Crippen LogP) is 6.00. The number of pyridine rings is 1. The van der Waals surface area contributed by atoms with Crippen LogP contribution in [0.2, 0.25) is 0 Å². The second-order valence-electron chi connectivity index (χ2n) is 5.86. The maximum atomic E-state index is 5.07. The standard InChI is InChI=1S/C21H19N.2C2H6/c1-3-14-9-11-16-13-17-12-10-15-7-5-6-8-19(15)21(17)22-20(16)18(14)4-2;2*1-2/h3-4,6,8-13H,5,7H2,1-2H3;2*1-2H3/b14-3-,18-4+;;. The number of hydrogen-bond donors (Lipinski definition) is 0. The molecular formula is C25H31N. The van der Waals surface area contributed by atoms with Crippen LogP contribution in [-0.4, -0.2) is 4.98 Å². The first-order valence-electron chi connectivity index (χ1n) is 9.96. The molecule has 0 fully saturated rings. The second-order valence-corrected chi connectivity index (χ2v) is 5.86. The van der Waals surface area contributed by atoms with Crippen LogP contribution in [0.3, 0.4) is 0 Å². The van der Waals surface area contributed by atoms with Gasteiger partial charge in [0.1, 0.15) is 0 Å². The van der Waals surface area contributed by atoms with E-state index >= 15 is 0 Å². The molecule has 0 spiro atoms. The summed E-state index contributed by atoms with van der Waals surface area (Å²) in [6.07, 6.45) is 11.1. The molecule has 2 aromatic carbocycles. The molecule has 1 heterocycles. The lowest BCUT2D eigenvalue weighted by Gasteiger charge is -2.13. The number of hydrogen-bond acceptors (Lipinski definition) is 1. The molecule has 0 radical (unpaired) electrons. The molecule has 1 heteroatoms. The summed E-state index contributed by atoms with van der Waals surface area (Å²) < 4.78 is 0. The third-order valence-electron chi connectivity index (χ3n) is 4.62. The molecule has 4 rings (SSSR count). The van der Waals surface area contributed by atoms with Gasteiger partial charge in [0.05, 0.1) is 11.0 Å². The van der Waals surface area contributed by atoms with Gasteiger partial charge in [0.15, 0.2) is 0 Å². The third kappa shape index (κ3) is 3.58. The maximum Gasteiger partial charge on any atom is 0.0784 e. The molecule has 1 aliphatic rings. The summed E-state index contributed by atoms with van der Waals surface area (Å²) in [7, 11) is 0. The Kier molecular flexibility index (Phi) is 7.15. The molecule has 0 atom stereocenters. The van der Waals surface area contributed by atoms with Gasteiger partial charge >= 0.3 is 0 Å². The van der Waals surface area contributed by atoms with Crippen molar-refractivity contribution in [3.8, 4) is 0 Å². The van der Waals surface area contributed by atoms with E-state index in [1.807, 2.05) is 27.7 Å².